The normalized spacial score (nSPS) is 16.0. The number of hydrogen-bond acceptors (Lipinski definition) is 1. The molecule has 1 aliphatic carbocycles. The highest BCUT2D eigenvalue weighted by Crippen LogP contribution is 2.45. The van der Waals surface area contributed by atoms with Gasteiger partial charge in [0.05, 0.1) is 11.1 Å². The van der Waals surface area contributed by atoms with Gasteiger partial charge in [-0.1, -0.05) is 30.2 Å². The van der Waals surface area contributed by atoms with Crippen molar-refractivity contribution >= 4 is 23.2 Å². The van der Waals surface area contributed by atoms with Gasteiger partial charge in [0.25, 0.3) is 0 Å². The Morgan fingerprint density at radius 2 is 1.91 bits per heavy atom. The van der Waals surface area contributed by atoms with Crippen molar-refractivity contribution < 1.29 is 13.6 Å². The van der Waals surface area contributed by atoms with Crippen LogP contribution in [-0.4, -0.2) is 5.91 Å². The molecule has 0 aliphatic heterocycles. The largest absolute Gasteiger partial charge is 0.323 e. The van der Waals surface area contributed by atoms with Crippen molar-refractivity contribution in [2.24, 2.45) is 0 Å². The SMILES string of the molecule is O=C(Nc1cc(F)ccc1F)C1(c2cccc(Cl)c2)CCC1. The molecule has 0 atom stereocenters. The minimum Gasteiger partial charge on any atom is -0.323 e. The Labute approximate surface area is 132 Å². The second kappa shape index (κ2) is 5.69. The maximum Gasteiger partial charge on any atom is 0.235 e. The molecule has 1 N–H and O–H groups in total. The molecular formula is C17H14ClF2NO. The van der Waals surface area contributed by atoms with Gasteiger partial charge in [-0.3, -0.25) is 4.79 Å². The Kier molecular flexibility index (Phi) is 3.87. The van der Waals surface area contributed by atoms with Gasteiger partial charge in [-0.2, -0.15) is 0 Å². The molecule has 1 saturated carbocycles. The van der Waals surface area contributed by atoms with E-state index in [2.05, 4.69) is 5.32 Å². The number of carbonyl (C=O) groups is 1. The molecule has 1 aliphatic rings. The van der Waals surface area contributed by atoms with Crippen molar-refractivity contribution in [3.05, 3.63) is 64.7 Å². The first-order valence-electron chi connectivity index (χ1n) is 7.04. The van der Waals surface area contributed by atoms with Crippen LogP contribution in [0, 0.1) is 11.6 Å². The van der Waals surface area contributed by atoms with Gasteiger partial charge in [0.2, 0.25) is 5.91 Å². The highest BCUT2D eigenvalue weighted by molar-refractivity contribution is 6.30. The van der Waals surface area contributed by atoms with E-state index in [-0.39, 0.29) is 11.6 Å². The van der Waals surface area contributed by atoms with Crippen LogP contribution in [0.1, 0.15) is 24.8 Å². The molecule has 2 nitrogen and oxygen atoms in total. The van der Waals surface area contributed by atoms with Crippen LogP contribution in [0.2, 0.25) is 5.02 Å². The minimum atomic E-state index is -0.719. The first kappa shape index (κ1) is 15.0. The van der Waals surface area contributed by atoms with Crippen molar-refractivity contribution in [3.63, 3.8) is 0 Å². The Balaban J connectivity index is 1.91. The number of hydrogen-bond donors (Lipinski definition) is 1. The van der Waals surface area contributed by atoms with E-state index in [0.717, 1.165) is 30.2 Å². The molecule has 1 amide bonds. The first-order chi connectivity index (χ1) is 10.5. The number of nitrogens with one attached hydrogen (secondary N) is 1. The predicted molar refractivity (Wildman–Crippen MR) is 82.0 cm³/mol. The fraction of sp³-hybridized carbons (Fsp3) is 0.235. The second-order valence-corrected chi connectivity index (χ2v) is 5.96. The lowest BCUT2D eigenvalue weighted by molar-refractivity contribution is -0.124. The number of benzene rings is 2. The van der Waals surface area contributed by atoms with Gasteiger partial charge in [0.1, 0.15) is 11.6 Å². The molecule has 0 unspecified atom stereocenters. The topological polar surface area (TPSA) is 29.1 Å². The molecule has 1 fully saturated rings. The zero-order valence-corrected chi connectivity index (χ0v) is 12.5. The maximum atomic E-state index is 13.7. The molecule has 2 aromatic rings. The highest BCUT2D eigenvalue weighted by atomic mass is 35.5. The van der Waals surface area contributed by atoms with Crippen molar-refractivity contribution in [3.8, 4) is 0 Å². The molecule has 0 saturated heterocycles. The Morgan fingerprint density at radius 3 is 2.55 bits per heavy atom. The van der Waals surface area contributed by atoms with Gasteiger partial charge in [-0.05, 0) is 42.7 Å². The molecule has 114 valence electrons. The summed E-state index contributed by atoms with van der Waals surface area (Å²) in [5, 5.41) is 3.06. The molecule has 0 aromatic heterocycles. The molecule has 0 radical (unpaired) electrons. The number of carbonyl (C=O) groups excluding carboxylic acids is 1. The summed E-state index contributed by atoms with van der Waals surface area (Å²) in [7, 11) is 0. The van der Waals surface area contributed by atoms with E-state index in [0.29, 0.717) is 17.9 Å². The van der Waals surface area contributed by atoms with Crippen LogP contribution < -0.4 is 5.32 Å². The van der Waals surface area contributed by atoms with E-state index in [9.17, 15) is 13.6 Å². The second-order valence-electron chi connectivity index (χ2n) is 5.52. The van der Waals surface area contributed by atoms with E-state index >= 15 is 0 Å². The fourth-order valence-corrected chi connectivity index (χ4v) is 2.99. The van der Waals surface area contributed by atoms with Crippen LogP contribution in [0.3, 0.4) is 0 Å². The lowest BCUT2D eigenvalue weighted by Gasteiger charge is -2.40. The van der Waals surface area contributed by atoms with Crippen molar-refractivity contribution in [2.45, 2.75) is 24.7 Å². The summed E-state index contributed by atoms with van der Waals surface area (Å²) in [4.78, 5) is 12.6. The van der Waals surface area contributed by atoms with Crippen LogP contribution in [0.4, 0.5) is 14.5 Å². The van der Waals surface area contributed by atoms with Gasteiger partial charge in [-0.15, -0.1) is 0 Å². The number of anilines is 1. The van der Waals surface area contributed by atoms with Crippen LogP contribution in [0.5, 0.6) is 0 Å². The first-order valence-corrected chi connectivity index (χ1v) is 7.42. The number of halogens is 3. The van der Waals surface area contributed by atoms with E-state index in [1.165, 1.54) is 0 Å². The lowest BCUT2D eigenvalue weighted by atomic mass is 9.64. The predicted octanol–water partition coefficient (Wildman–Crippen LogP) is 4.68. The zero-order chi connectivity index (χ0) is 15.7. The van der Waals surface area contributed by atoms with Crippen molar-refractivity contribution in [2.75, 3.05) is 5.32 Å². The van der Waals surface area contributed by atoms with Crippen molar-refractivity contribution in [1.29, 1.82) is 0 Å². The summed E-state index contributed by atoms with van der Waals surface area (Å²) < 4.78 is 26.9. The smallest absolute Gasteiger partial charge is 0.235 e. The maximum absolute atomic E-state index is 13.7. The van der Waals surface area contributed by atoms with Crippen LogP contribution in [0.15, 0.2) is 42.5 Å². The van der Waals surface area contributed by atoms with Gasteiger partial charge < -0.3 is 5.32 Å². The Hall–Kier alpha value is -1.94. The third kappa shape index (κ3) is 2.59. The van der Waals surface area contributed by atoms with Gasteiger partial charge >= 0.3 is 0 Å². The van der Waals surface area contributed by atoms with Gasteiger partial charge in [0, 0.05) is 11.1 Å². The summed E-state index contributed by atoms with van der Waals surface area (Å²) in [5.41, 5.74) is -0.0530. The van der Waals surface area contributed by atoms with Crippen LogP contribution in [0.25, 0.3) is 0 Å². The standard InChI is InChI=1S/C17H14ClF2NO/c18-12-4-1-3-11(9-12)17(7-2-8-17)16(22)21-15-10-13(19)5-6-14(15)20/h1,3-6,9-10H,2,7-8H2,(H,21,22). The van der Waals surface area contributed by atoms with E-state index in [4.69, 9.17) is 11.6 Å². The molecule has 2 aromatic carbocycles. The summed E-state index contributed by atoms with van der Waals surface area (Å²) >= 11 is 6.00. The monoisotopic (exact) mass is 321 g/mol. The summed E-state index contributed by atoms with van der Waals surface area (Å²) in [6.45, 7) is 0. The summed E-state index contributed by atoms with van der Waals surface area (Å²) in [5.74, 6) is -1.58. The van der Waals surface area contributed by atoms with Gasteiger partial charge in [0.15, 0.2) is 0 Å². The minimum absolute atomic E-state index is 0.140. The van der Waals surface area contributed by atoms with Crippen LogP contribution >= 0.6 is 11.6 Å². The molecule has 0 heterocycles. The molecule has 0 bridgehead atoms. The molecule has 22 heavy (non-hydrogen) atoms. The zero-order valence-electron chi connectivity index (χ0n) is 11.7. The quantitative estimate of drug-likeness (QED) is 0.874. The average Bonchev–Trinajstić information content (AvgIpc) is 2.42. The van der Waals surface area contributed by atoms with Crippen LogP contribution in [-0.2, 0) is 10.2 Å². The highest BCUT2D eigenvalue weighted by Gasteiger charge is 2.45. The van der Waals surface area contributed by atoms with E-state index in [1.807, 2.05) is 6.07 Å². The fourth-order valence-electron chi connectivity index (χ4n) is 2.80. The van der Waals surface area contributed by atoms with E-state index < -0.39 is 17.0 Å². The third-order valence-electron chi connectivity index (χ3n) is 4.20. The Morgan fingerprint density at radius 1 is 1.14 bits per heavy atom. The lowest BCUT2D eigenvalue weighted by Crippen LogP contribution is -2.46. The molecular weight excluding hydrogens is 308 g/mol. The number of amides is 1. The third-order valence-corrected chi connectivity index (χ3v) is 4.43. The molecule has 0 spiro atoms. The Bertz CT molecular complexity index is 728. The molecule has 3 rings (SSSR count). The summed E-state index contributed by atoms with van der Waals surface area (Å²) in [6, 6.07) is 10.1. The molecule has 5 heteroatoms. The average molecular weight is 322 g/mol. The summed E-state index contributed by atoms with van der Waals surface area (Å²) in [6.07, 6.45) is 2.23. The van der Waals surface area contributed by atoms with Gasteiger partial charge in [-0.25, -0.2) is 8.78 Å². The number of rotatable bonds is 3. The van der Waals surface area contributed by atoms with E-state index in [1.54, 1.807) is 18.2 Å². The van der Waals surface area contributed by atoms with Crippen molar-refractivity contribution in [1.82, 2.24) is 0 Å².